The van der Waals surface area contributed by atoms with Crippen molar-refractivity contribution in [3.8, 4) is 5.75 Å². The fraction of sp³-hybridized carbons (Fsp3) is 0.500. The Morgan fingerprint density at radius 1 is 1.41 bits per heavy atom. The van der Waals surface area contributed by atoms with E-state index in [1.54, 1.807) is 4.90 Å². The van der Waals surface area contributed by atoms with Gasteiger partial charge < -0.3 is 20.7 Å². The van der Waals surface area contributed by atoms with Crippen LogP contribution in [0.25, 0.3) is 0 Å². The van der Waals surface area contributed by atoms with Gasteiger partial charge in [-0.2, -0.15) is 0 Å². The van der Waals surface area contributed by atoms with Gasteiger partial charge in [0, 0.05) is 24.8 Å². The second-order valence-corrected chi connectivity index (χ2v) is 5.36. The zero-order valence-corrected chi connectivity index (χ0v) is 12.1. The Hall–Kier alpha value is -1.96. The molecule has 1 fully saturated rings. The summed E-state index contributed by atoms with van der Waals surface area (Å²) in [5.41, 5.74) is 6.22. The summed E-state index contributed by atoms with van der Waals surface area (Å²) in [5.74, 6) is -0.0583. The summed E-state index contributed by atoms with van der Waals surface area (Å²) in [4.78, 5) is 13.7. The lowest BCUT2D eigenvalue weighted by atomic mass is 10.0. The number of carbonyl (C=O) groups is 1. The predicted molar refractivity (Wildman–Crippen MR) is 75.5 cm³/mol. The second kappa shape index (κ2) is 6.43. The third-order valence-corrected chi connectivity index (χ3v) is 3.59. The molecule has 1 heterocycles. The Labute approximate surface area is 126 Å². The number of hydrogen-bond donors (Lipinski definition) is 2. The Bertz CT molecular complexity index is 517. The van der Waals surface area contributed by atoms with Crippen LogP contribution < -0.4 is 15.8 Å². The van der Waals surface area contributed by atoms with Gasteiger partial charge in [0.15, 0.2) is 0 Å². The van der Waals surface area contributed by atoms with E-state index in [0.29, 0.717) is 18.8 Å². The van der Waals surface area contributed by atoms with E-state index in [1.165, 1.54) is 12.1 Å². The van der Waals surface area contributed by atoms with E-state index in [0.717, 1.165) is 18.6 Å². The topological polar surface area (TPSA) is 67.6 Å². The summed E-state index contributed by atoms with van der Waals surface area (Å²) in [5, 5.41) is 2.64. The average Bonchev–Trinajstić information content (AvgIpc) is 2.89. The molecular formula is C14H18F3N3O2. The summed E-state index contributed by atoms with van der Waals surface area (Å²) in [7, 11) is 0. The highest BCUT2D eigenvalue weighted by Crippen LogP contribution is 2.24. The lowest BCUT2D eigenvalue weighted by Gasteiger charge is -2.19. The molecule has 3 N–H and O–H groups in total. The first kappa shape index (κ1) is 16.4. The molecule has 22 heavy (non-hydrogen) atoms. The quantitative estimate of drug-likeness (QED) is 0.901. The van der Waals surface area contributed by atoms with Gasteiger partial charge in [-0.05, 0) is 43.5 Å². The first-order chi connectivity index (χ1) is 10.2. The Kier molecular flexibility index (Phi) is 4.80. The predicted octanol–water partition coefficient (Wildman–Crippen LogP) is 2.79. The number of anilines is 1. The summed E-state index contributed by atoms with van der Waals surface area (Å²) >= 11 is 0. The van der Waals surface area contributed by atoms with Crippen LogP contribution in [0.1, 0.15) is 13.3 Å². The summed E-state index contributed by atoms with van der Waals surface area (Å²) in [6.45, 7) is 3.11. The van der Waals surface area contributed by atoms with Gasteiger partial charge in [0.1, 0.15) is 5.75 Å². The van der Waals surface area contributed by atoms with Gasteiger partial charge in [-0.1, -0.05) is 0 Å². The smallest absolute Gasteiger partial charge is 0.406 e. The number of carbonyl (C=O) groups excluding carboxylic acids is 1. The maximum atomic E-state index is 12.1. The molecular weight excluding hydrogens is 299 g/mol. The van der Waals surface area contributed by atoms with Gasteiger partial charge >= 0.3 is 12.4 Å². The van der Waals surface area contributed by atoms with Crippen LogP contribution in [0.15, 0.2) is 24.3 Å². The monoisotopic (exact) mass is 317 g/mol. The molecule has 1 aromatic carbocycles. The van der Waals surface area contributed by atoms with Crippen molar-refractivity contribution in [2.45, 2.75) is 25.7 Å². The van der Waals surface area contributed by atoms with Crippen LogP contribution >= 0.6 is 0 Å². The van der Waals surface area contributed by atoms with Crippen LogP contribution in [-0.4, -0.2) is 36.4 Å². The van der Waals surface area contributed by atoms with Crippen molar-refractivity contribution in [2.24, 2.45) is 11.7 Å². The standard InChI is InChI=1S/C14H18F3N3O2/c1-9(18)10-6-7-20(8-10)13(21)19-11-2-4-12(5-3-11)22-14(15,16)17/h2-5,9-10H,6-8,18H2,1H3,(H,19,21). The van der Waals surface area contributed by atoms with E-state index in [4.69, 9.17) is 5.73 Å². The van der Waals surface area contributed by atoms with Crippen LogP contribution in [0.3, 0.4) is 0 Å². The van der Waals surface area contributed by atoms with Crippen molar-refractivity contribution in [3.05, 3.63) is 24.3 Å². The SMILES string of the molecule is CC(N)C1CCN(C(=O)Nc2ccc(OC(F)(F)F)cc2)C1. The number of urea groups is 1. The van der Waals surface area contributed by atoms with Gasteiger partial charge in [0.25, 0.3) is 0 Å². The van der Waals surface area contributed by atoms with Crippen molar-refractivity contribution in [2.75, 3.05) is 18.4 Å². The van der Waals surface area contributed by atoms with Crippen LogP contribution in [0.2, 0.25) is 0 Å². The van der Waals surface area contributed by atoms with Gasteiger partial charge in [-0.3, -0.25) is 0 Å². The van der Waals surface area contributed by atoms with Crippen LogP contribution in [0.5, 0.6) is 5.75 Å². The van der Waals surface area contributed by atoms with E-state index in [1.807, 2.05) is 6.92 Å². The number of halogens is 3. The van der Waals surface area contributed by atoms with Gasteiger partial charge in [-0.15, -0.1) is 13.2 Å². The molecule has 2 atom stereocenters. The van der Waals surface area contributed by atoms with Gasteiger partial charge in [0.05, 0.1) is 0 Å². The number of hydrogen-bond acceptors (Lipinski definition) is 3. The first-order valence-electron chi connectivity index (χ1n) is 6.92. The van der Waals surface area contributed by atoms with E-state index >= 15 is 0 Å². The highest BCUT2D eigenvalue weighted by atomic mass is 19.4. The van der Waals surface area contributed by atoms with Gasteiger partial charge in [0.2, 0.25) is 0 Å². The van der Waals surface area contributed by atoms with E-state index in [9.17, 15) is 18.0 Å². The molecule has 2 rings (SSSR count). The summed E-state index contributed by atoms with van der Waals surface area (Å²) in [6, 6.07) is 4.76. The number of amides is 2. The molecule has 1 aliphatic heterocycles. The van der Waals surface area contributed by atoms with E-state index < -0.39 is 6.36 Å². The number of alkyl halides is 3. The minimum absolute atomic E-state index is 0.0246. The largest absolute Gasteiger partial charge is 0.573 e. The minimum Gasteiger partial charge on any atom is -0.406 e. The highest BCUT2D eigenvalue weighted by Gasteiger charge is 2.31. The van der Waals surface area contributed by atoms with Crippen molar-refractivity contribution in [1.82, 2.24) is 4.90 Å². The molecule has 1 aromatic rings. The van der Waals surface area contributed by atoms with Crippen molar-refractivity contribution < 1.29 is 22.7 Å². The fourth-order valence-electron chi connectivity index (χ4n) is 2.34. The van der Waals surface area contributed by atoms with Crippen LogP contribution in [-0.2, 0) is 0 Å². The lowest BCUT2D eigenvalue weighted by Crippen LogP contribution is -2.35. The van der Waals surface area contributed by atoms with Crippen molar-refractivity contribution in [1.29, 1.82) is 0 Å². The maximum absolute atomic E-state index is 12.1. The second-order valence-electron chi connectivity index (χ2n) is 5.36. The Balaban J connectivity index is 1.90. The van der Waals surface area contributed by atoms with Crippen molar-refractivity contribution >= 4 is 11.7 Å². The molecule has 0 aliphatic carbocycles. The van der Waals surface area contributed by atoms with Crippen molar-refractivity contribution in [3.63, 3.8) is 0 Å². The Morgan fingerprint density at radius 3 is 2.55 bits per heavy atom. The molecule has 0 aromatic heterocycles. The number of likely N-dealkylation sites (tertiary alicyclic amines) is 1. The maximum Gasteiger partial charge on any atom is 0.573 e. The molecule has 1 aliphatic rings. The molecule has 5 nitrogen and oxygen atoms in total. The number of nitrogens with two attached hydrogens (primary N) is 1. The third-order valence-electron chi connectivity index (χ3n) is 3.59. The average molecular weight is 317 g/mol. The van der Waals surface area contributed by atoms with Crippen LogP contribution in [0.4, 0.5) is 23.7 Å². The molecule has 0 saturated carbocycles. The summed E-state index contributed by atoms with van der Waals surface area (Å²) < 4.78 is 39.9. The molecule has 2 unspecified atom stereocenters. The molecule has 0 radical (unpaired) electrons. The van der Waals surface area contributed by atoms with E-state index in [-0.39, 0.29) is 23.7 Å². The molecule has 2 amide bonds. The molecule has 122 valence electrons. The number of nitrogens with zero attached hydrogens (tertiary/aromatic N) is 1. The zero-order valence-electron chi connectivity index (χ0n) is 12.1. The normalized spacial score (nSPS) is 19.9. The number of ether oxygens (including phenoxy) is 1. The zero-order chi connectivity index (χ0) is 16.3. The Morgan fingerprint density at radius 2 is 2.05 bits per heavy atom. The highest BCUT2D eigenvalue weighted by molar-refractivity contribution is 5.89. The third kappa shape index (κ3) is 4.52. The number of benzene rings is 1. The first-order valence-corrected chi connectivity index (χ1v) is 6.92. The fourth-order valence-corrected chi connectivity index (χ4v) is 2.34. The molecule has 1 saturated heterocycles. The minimum atomic E-state index is -4.73. The van der Waals surface area contributed by atoms with Crippen LogP contribution in [0, 0.1) is 5.92 Å². The molecule has 0 bridgehead atoms. The molecule has 8 heteroatoms. The van der Waals surface area contributed by atoms with Gasteiger partial charge in [-0.25, -0.2) is 4.79 Å². The number of rotatable bonds is 3. The number of nitrogens with one attached hydrogen (secondary N) is 1. The lowest BCUT2D eigenvalue weighted by molar-refractivity contribution is -0.274. The van der Waals surface area contributed by atoms with E-state index in [2.05, 4.69) is 10.1 Å². The summed E-state index contributed by atoms with van der Waals surface area (Å²) in [6.07, 6.45) is -3.88. The molecule has 0 spiro atoms.